The molecule has 1 aliphatic heterocycles. The monoisotopic (exact) mass is 224 g/mol. The van der Waals surface area contributed by atoms with E-state index in [1.54, 1.807) is 6.20 Å². The van der Waals surface area contributed by atoms with Crippen LogP contribution in [0.2, 0.25) is 0 Å². The minimum Gasteiger partial charge on any atom is -0.393 e. The summed E-state index contributed by atoms with van der Waals surface area (Å²) in [7, 11) is 1.94. The quantitative estimate of drug-likeness (QED) is 0.834. The summed E-state index contributed by atoms with van der Waals surface area (Å²) < 4.78 is 7.17. The van der Waals surface area contributed by atoms with E-state index >= 15 is 0 Å². The van der Waals surface area contributed by atoms with Gasteiger partial charge < -0.3 is 9.84 Å². The Kier molecular flexibility index (Phi) is 3.96. The van der Waals surface area contributed by atoms with Crippen molar-refractivity contribution in [3.63, 3.8) is 0 Å². The number of aliphatic hydroxyl groups is 1. The predicted octanol–water partition coefficient (Wildman–Crippen LogP) is 1.14. The molecule has 1 fully saturated rings. The van der Waals surface area contributed by atoms with Crippen molar-refractivity contribution in [1.82, 2.24) is 9.78 Å². The molecule has 0 aromatic carbocycles. The first kappa shape index (κ1) is 11.6. The van der Waals surface area contributed by atoms with Gasteiger partial charge in [-0.2, -0.15) is 5.10 Å². The van der Waals surface area contributed by atoms with E-state index in [4.69, 9.17) is 4.74 Å². The van der Waals surface area contributed by atoms with Gasteiger partial charge in [-0.05, 0) is 37.7 Å². The third-order valence-electron chi connectivity index (χ3n) is 3.43. The maximum atomic E-state index is 10.1. The van der Waals surface area contributed by atoms with Crippen LogP contribution in [-0.2, 0) is 18.2 Å². The number of aliphatic hydroxyl groups excluding tert-OH is 1. The van der Waals surface area contributed by atoms with Gasteiger partial charge in [-0.3, -0.25) is 4.68 Å². The van der Waals surface area contributed by atoms with Gasteiger partial charge in [-0.1, -0.05) is 0 Å². The Morgan fingerprint density at radius 1 is 1.56 bits per heavy atom. The van der Waals surface area contributed by atoms with E-state index in [9.17, 15) is 5.11 Å². The van der Waals surface area contributed by atoms with Crippen LogP contribution in [0.15, 0.2) is 12.3 Å². The topological polar surface area (TPSA) is 47.3 Å². The van der Waals surface area contributed by atoms with Crippen LogP contribution < -0.4 is 0 Å². The van der Waals surface area contributed by atoms with Crippen LogP contribution >= 0.6 is 0 Å². The summed E-state index contributed by atoms with van der Waals surface area (Å²) in [5, 5.41) is 14.2. The third-order valence-corrected chi connectivity index (χ3v) is 3.43. The standard InChI is InChI=1S/C12H20N2O2/c1-14-11(4-7-13-14)2-3-12(15)10-5-8-16-9-6-10/h4,7,10,12,15H,2-3,5-6,8-9H2,1H3. The van der Waals surface area contributed by atoms with Crippen molar-refractivity contribution in [1.29, 1.82) is 0 Å². The Balaban J connectivity index is 1.78. The summed E-state index contributed by atoms with van der Waals surface area (Å²) in [5.41, 5.74) is 1.19. The van der Waals surface area contributed by atoms with Gasteiger partial charge in [0.05, 0.1) is 6.10 Å². The number of nitrogens with zero attached hydrogens (tertiary/aromatic N) is 2. The average molecular weight is 224 g/mol. The molecule has 2 heterocycles. The van der Waals surface area contributed by atoms with Crippen molar-refractivity contribution in [2.45, 2.75) is 31.8 Å². The summed E-state index contributed by atoms with van der Waals surface area (Å²) in [6.07, 6.45) is 5.31. The molecule has 1 atom stereocenters. The van der Waals surface area contributed by atoms with Crippen molar-refractivity contribution in [3.8, 4) is 0 Å². The molecule has 1 unspecified atom stereocenters. The lowest BCUT2D eigenvalue weighted by Crippen LogP contribution is -2.27. The zero-order valence-electron chi connectivity index (χ0n) is 9.80. The summed E-state index contributed by atoms with van der Waals surface area (Å²) >= 11 is 0. The second-order valence-corrected chi connectivity index (χ2v) is 4.50. The zero-order chi connectivity index (χ0) is 11.4. The molecule has 0 aliphatic carbocycles. The predicted molar refractivity (Wildman–Crippen MR) is 61.1 cm³/mol. The first-order chi connectivity index (χ1) is 7.77. The molecular weight excluding hydrogens is 204 g/mol. The molecule has 1 aromatic rings. The smallest absolute Gasteiger partial charge is 0.0573 e. The van der Waals surface area contributed by atoms with Gasteiger partial charge in [-0.15, -0.1) is 0 Å². The molecule has 2 rings (SSSR count). The molecule has 0 bridgehead atoms. The van der Waals surface area contributed by atoms with Crippen LogP contribution in [0.1, 0.15) is 25.0 Å². The summed E-state index contributed by atoms with van der Waals surface area (Å²) in [4.78, 5) is 0. The highest BCUT2D eigenvalue weighted by molar-refractivity contribution is 5.00. The first-order valence-electron chi connectivity index (χ1n) is 6.00. The molecule has 16 heavy (non-hydrogen) atoms. The fourth-order valence-corrected chi connectivity index (χ4v) is 2.28. The number of rotatable bonds is 4. The minimum absolute atomic E-state index is 0.196. The van der Waals surface area contributed by atoms with Crippen LogP contribution in [0.3, 0.4) is 0 Å². The van der Waals surface area contributed by atoms with Gasteiger partial charge in [-0.25, -0.2) is 0 Å². The lowest BCUT2D eigenvalue weighted by Gasteiger charge is -2.26. The number of ether oxygens (including phenoxy) is 1. The highest BCUT2D eigenvalue weighted by Gasteiger charge is 2.21. The molecule has 1 aromatic heterocycles. The maximum Gasteiger partial charge on any atom is 0.0573 e. The number of aryl methyl sites for hydroxylation is 2. The number of aromatic nitrogens is 2. The van der Waals surface area contributed by atoms with Crippen molar-refractivity contribution < 1.29 is 9.84 Å². The molecule has 4 heteroatoms. The SMILES string of the molecule is Cn1nccc1CCC(O)C1CCOCC1. The van der Waals surface area contributed by atoms with E-state index < -0.39 is 0 Å². The Morgan fingerprint density at radius 3 is 2.94 bits per heavy atom. The number of hydrogen-bond acceptors (Lipinski definition) is 3. The van der Waals surface area contributed by atoms with E-state index in [0.29, 0.717) is 5.92 Å². The molecular formula is C12H20N2O2. The van der Waals surface area contributed by atoms with Crippen LogP contribution in [0.25, 0.3) is 0 Å². The highest BCUT2D eigenvalue weighted by atomic mass is 16.5. The fourth-order valence-electron chi connectivity index (χ4n) is 2.28. The average Bonchev–Trinajstić information content (AvgIpc) is 2.73. The normalized spacial score (nSPS) is 19.9. The van der Waals surface area contributed by atoms with Gasteiger partial charge >= 0.3 is 0 Å². The molecule has 1 aliphatic rings. The Morgan fingerprint density at radius 2 is 2.31 bits per heavy atom. The fraction of sp³-hybridized carbons (Fsp3) is 0.750. The maximum absolute atomic E-state index is 10.1. The van der Waals surface area contributed by atoms with E-state index in [1.807, 2.05) is 17.8 Å². The molecule has 1 N–H and O–H groups in total. The lowest BCUT2D eigenvalue weighted by molar-refractivity contribution is 0.00500. The van der Waals surface area contributed by atoms with Gasteiger partial charge in [0.1, 0.15) is 0 Å². The molecule has 0 spiro atoms. The van der Waals surface area contributed by atoms with E-state index in [0.717, 1.165) is 38.9 Å². The Labute approximate surface area is 96.2 Å². The molecule has 0 saturated carbocycles. The van der Waals surface area contributed by atoms with Crippen LogP contribution in [0.4, 0.5) is 0 Å². The Hall–Kier alpha value is -0.870. The lowest BCUT2D eigenvalue weighted by atomic mass is 9.91. The molecule has 0 amide bonds. The van der Waals surface area contributed by atoms with Gasteiger partial charge in [0.2, 0.25) is 0 Å². The van der Waals surface area contributed by atoms with Crippen LogP contribution in [0, 0.1) is 5.92 Å². The molecule has 4 nitrogen and oxygen atoms in total. The molecule has 90 valence electrons. The first-order valence-corrected chi connectivity index (χ1v) is 6.00. The second kappa shape index (κ2) is 5.46. The third kappa shape index (κ3) is 2.83. The molecule has 1 saturated heterocycles. The summed E-state index contributed by atoms with van der Waals surface area (Å²) in [6.45, 7) is 1.60. The number of hydrogen-bond donors (Lipinski definition) is 1. The highest BCUT2D eigenvalue weighted by Crippen LogP contribution is 2.21. The van der Waals surface area contributed by atoms with Gasteiger partial charge in [0.15, 0.2) is 0 Å². The van der Waals surface area contributed by atoms with Crippen molar-refractivity contribution in [2.75, 3.05) is 13.2 Å². The van der Waals surface area contributed by atoms with Crippen LogP contribution in [0.5, 0.6) is 0 Å². The zero-order valence-corrected chi connectivity index (χ0v) is 9.80. The van der Waals surface area contributed by atoms with Gasteiger partial charge in [0, 0.05) is 32.2 Å². The van der Waals surface area contributed by atoms with Crippen LogP contribution in [-0.4, -0.2) is 34.2 Å². The largest absolute Gasteiger partial charge is 0.393 e. The molecule has 0 radical (unpaired) electrons. The van der Waals surface area contributed by atoms with E-state index in [-0.39, 0.29) is 6.10 Å². The van der Waals surface area contributed by atoms with E-state index in [1.165, 1.54) is 5.69 Å². The van der Waals surface area contributed by atoms with Crippen molar-refractivity contribution >= 4 is 0 Å². The minimum atomic E-state index is -0.196. The van der Waals surface area contributed by atoms with Gasteiger partial charge in [0.25, 0.3) is 0 Å². The van der Waals surface area contributed by atoms with E-state index in [2.05, 4.69) is 5.10 Å². The Bertz CT molecular complexity index is 319. The summed E-state index contributed by atoms with van der Waals surface area (Å²) in [5.74, 6) is 0.418. The van der Waals surface area contributed by atoms with Crippen molar-refractivity contribution in [3.05, 3.63) is 18.0 Å². The second-order valence-electron chi connectivity index (χ2n) is 4.50. The summed E-state index contributed by atoms with van der Waals surface area (Å²) in [6, 6.07) is 2.01. The van der Waals surface area contributed by atoms with Crippen molar-refractivity contribution in [2.24, 2.45) is 13.0 Å².